The van der Waals surface area contributed by atoms with E-state index < -0.39 is 0 Å². The molecule has 0 unspecified atom stereocenters. The summed E-state index contributed by atoms with van der Waals surface area (Å²) in [5.41, 5.74) is 4.08. The van der Waals surface area contributed by atoms with E-state index in [4.69, 9.17) is 4.74 Å². The van der Waals surface area contributed by atoms with Crippen molar-refractivity contribution in [3.63, 3.8) is 0 Å². The number of aryl methyl sites for hydroxylation is 1. The van der Waals surface area contributed by atoms with E-state index in [2.05, 4.69) is 20.6 Å². The van der Waals surface area contributed by atoms with Crippen molar-refractivity contribution in [2.24, 2.45) is 0 Å². The minimum Gasteiger partial charge on any atom is -0.479 e. The van der Waals surface area contributed by atoms with Gasteiger partial charge in [0.1, 0.15) is 0 Å². The lowest BCUT2D eigenvalue weighted by molar-refractivity contribution is -0.118. The topological polar surface area (TPSA) is 96.1 Å². The highest BCUT2D eigenvalue weighted by molar-refractivity contribution is 6.08. The number of fused-ring (bicyclic) bond motifs is 2. The quantitative estimate of drug-likeness (QED) is 0.675. The molecule has 2 aromatic carbocycles. The molecule has 0 radical (unpaired) electrons. The van der Waals surface area contributed by atoms with Gasteiger partial charge in [0.15, 0.2) is 12.4 Å². The summed E-state index contributed by atoms with van der Waals surface area (Å²) in [5, 5.41) is 5.60. The number of benzene rings is 2. The highest BCUT2D eigenvalue weighted by Crippen LogP contribution is 2.37. The molecule has 7 nitrogen and oxygen atoms in total. The van der Waals surface area contributed by atoms with Gasteiger partial charge in [-0.25, -0.2) is 4.98 Å². The lowest BCUT2D eigenvalue weighted by atomic mass is 10.1. The summed E-state index contributed by atoms with van der Waals surface area (Å²) >= 11 is 0. The van der Waals surface area contributed by atoms with Crippen molar-refractivity contribution in [3.05, 3.63) is 47.8 Å². The number of hydrogen-bond acceptors (Lipinski definition) is 4. The molecule has 0 saturated heterocycles. The Hall–Kier alpha value is -3.35. The van der Waals surface area contributed by atoms with Crippen LogP contribution in [0.5, 0.6) is 5.75 Å². The van der Waals surface area contributed by atoms with Crippen molar-refractivity contribution in [3.8, 4) is 5.75 Å². The third-order valence-electron chi connectivity index (χ3n) is 3.79. The number of amides is 2. The summed E-state index contributed by atoms with van der Waals surface area (Å²) in [5.74, 6) is -0.00829. The molecule has 3 aromatic rings. The molecular formula is C17H14N4O3. The highest BCUT2D eigenvalue weighted by Gasteiger charge is 2.21. The molecule has 1 aromatic heterocycles. The number of nitrogens with zero attached hydrogens (tertiary/aromatic N) is 1. The van der Waals surface area contributed by atoms with Crippen LogP contribution in [0.1, 0.15) is 15.9 Å². The van der Waals surface area contributed by atoms with Crippen LogP contribution in [0, 0.1) is 6.92 Å². The molecule has 0 spiro atoms. The number of aromatic nitrogens is 2. The van der Waals surface area contributed by atoms with Gasteiger partial charge in [-0.1, -0.05) is 0 Å². The number of imidazole rings is 1. The van der Waals surface area contributed by atoms with Crippen molar-refractivity contribution in [2.45, 2.75) is 6.92 Å². The van der Waals surface area contributed by atoms with Gasteiger partial charge in [-0.2, -0.15) is 0 Å². The van der Waals surface area contributed by atoms with Gasteiger partial charge in [0, 0.05) is 5.56 Å². The average Bonchev–Trinajstić information content (AvgIpc) is 3.01. The fourth-order valence-corrected chi connectivity index (χ4v) is 2.71. The Morgan fingerprint density at radius 3 is 3.04 bits per heavy atom. The Labute approximate surface area is 137 Å². The largest absolute Gasteiger partial charge is 0.479 e. The molecule has 0 aliphatic carbocycles. The van der Waals surface area contributed by atoms with E-state index in [0.717, 1.165) is 16.6 Å². The first-order valence-electron chi connectivity index (χ1n) is 7.42. The maximum Gasteiger partial charge on any atom is 0.262 e. The SMILES string of the molecule is Cc1cc2c(c(NC(=O)c3ccc4nc[nH]c4c3)c1)OCC(=O)N2. The number of anilines is 2. The standard InChI is InChI=1S/C17H14N4O3/c1-9-4-13-16(24-7-15(22)20-13)14(5-9)21-17(23)10-2-3-11-12(6-10)19-8-18-11/h2-6,8H,7H2,1H3,(H,18,19)(H,20,22)(H,21,23). The van der Waals surface area contributed by atoms with Crippen molar-refractivity contribution in [1.82, 2.24) is 9.97 Å². The fraction of sp³-hybridized carbons (Fsp3) is 0.118. The van der Waals surface area contributed by atoms with E-state index in [-0.39, 0.29) is 18.4 Å². The Morgan fingerprint density at radius 1 is 1.29 bits per heavy atom. The number of carbonyl (C=O) groups excluding carboxylic acids is 2. The summed E-state index contributed by atoms with van der Waals surface area (Å²) in [6.45, 7) is 1.81. The van der Waals surface area contributed by atoms with E-state index in [9.17, 15) is 9.59 Å². The van der Waals surface area contributed by atoms with Crippen LogP contribution < -0.4 is 15.4 Å². The van der Waals surface area contributed by atoms with E-state index in [1.807, 2.05) is 13.0 Å². The van der Waals surface area contributed by atoms with Crippen LogP contribution in [0.25, 0.3) is 11.0 Å². The fourth-order valence-electron chi connectivity index (χ4n) is 2.71. The summed E-state index contributed by atoms with van der Waals surface area (Å²) in [7, 11) is 0. The van der Waals surface area contributed by atoms with Gasteiger partial charge in [0.25, 0.3) is 11.8 Å². The maximum atomic E-state index is 12.6. The third kappa shape index (κ3) is 2.45. The molecule has 24 heavy (non-hydrogen) atoms. The van der Waals surface area contributed by atoms with E-state index in [1.165, 1.54) is 0 Å². The number of aromatic amines is 1. The van der Waals surface area contributed by atoms with Gasteiger partial charge in [-0.15, -0.1) is 0 Å². The molecule has 3 N–H and O–H groups in total. The lowest BCUT2D eigenvalue weighted by Gasteiger charge is -2.21. The van der Waals surface area contributed by atoms with Crippen LogP contribution >= 0.6 is 0 Å². The summed E-state index contributed by atoms with van der Waals surface area (Å²) in [4.78, 5) is 31.1. The Morgan fingerprint density at radius 2 is 2.17 bits per heavy atom. The van der Waals surface area contributed by atoms with Crippen LogP contribution in [0.3, 0.4) is 0 Å². The molecule has 1 aliphatic rings. The summed E-state index contributed by atoms with van der Waals surface area (Å²) in [6.07, 6.45) is 1.58. The Kier molecular flexibility index (Phi) is 3.19. The predicted molar refractivity (Wildman–Crippen MR) is 89.4 cm³/mol. The van der Waals surface area contributed by atoms with Crippen LogP contribution in [0.4, 0.5) is 11.4 Å². The van der Waals surface area contributed by atoms with Crippen LogP contribution in [-0.4, -0.2) is 28.4 Å². The number of hydrogen-bond donors (Lipinski definition) is 3. The summed E-state index contributed by atoms with van der Waals surface area (Å²) in [6, 6.07) is 8.84. The van der Waals surface area contributed by atoms with Crippen molar-refractivity contribution >= 4 is 34.2 Å². The van der Waals surface area contributed by atoms with E-state index in [0.29, 0.717) is 22.7 Å². The molecule has 1 aliphatic heterocycles. The molecule has 0 bridgehead atoms. The minimum atomic E-state index is -0.264. The maximum absolute atomic E-state index is 12.6. The normalized spacial score (nSPS) is 13.1. The number of ether oxygens (including phenoxy) is 1. The van der Waals surface area contributed by atoms with Gasteiger partial charge >= 0.3 is 0 Å². The molecule has 2 amide bonds. The molecule has 0 atom stereocenters. The van der Waals surface area contributed by atoms with E-state index >= 15 is 0 Å². The smallest absolute Gasteiger partial charge is 0.262 e. The second kappa shape index (κ2) is 5.38. The van der Waals surface area contributed by atoms with Crippen molar-refractivity contribution in [1.29, 1.82) is 0 Å². The Bertz CT molecular complexity index is 977. The Balaban J connectivity index is 1.67. The number of H-pyrrole nitrogens is 1. The zero-order valence-corrected chi connectivity index (χ0v) is 12.8. The van der Waals surface area contributed by atoms with Gasteiger partial charge in [-0.05, 0) is 42.8 Å². The molecule has 120 valence electrons. The highest BCUT2D eigenvalue weighted by atomic mass is 16.5. The first kappa shape index (κ1) is 14.3. The lowest BCUT2D eigenvalue weighted by Crippen LogP contribution is -2.26. The molecular weight excluding hydrogens is 308 g/mol. The first-order valence-corrected chi connectivity index (χ1v) is 7.42. The zero-order valence-electron chi connectivity index (χ0n) is 12.8. The van der Waals surface area contributed by atoms with E-state index in [1.54, 1.807) is 30.6 Å². The zero-order chi connectivity index (χ0) is 16.7. The number of rotatable bonds is 2. The molecule has 0 fully saturated rings. The predicted octanol–water partition coefficient (Wildman–Crippen LogP) is 2.45. The second-order valence-corrected chi connectivity index (χ2v) is 5.61. The van der Waals surface area contributed by atoms with Gasteiger partial charge < -0.3 is 20.4 Å². The molecule has 0 saturated carbocycles. The second-order valence-electron chi connectivity index (χ2n) is 5.61. The average molecular weight is 322 g/mol. The monoisotopic (exact) mass is 322 g/mol. The van der Waals surface area contributed by atoms with Crippen molar-refractivity contribution in [2.75, 3.05) is 17.2 Å². The molecule has 7 heteroatoms. The summed E-state index contributed by atoms with van der Waals surface area (Å²) < 4.78 is 5.47. The van der Waals surface area contributed by atoms with Gasteiger partial charge in [0.2, 0.25) is 0 Å². The number of carbonyl (C=O) groups is 2. The van der Waals surface area contributed by atoms with Crippen LogP contribution in [0.15, 0.2) is 36.7 Å². The van der Waals surface area contributed by atoms with Gasteiger partial charge in [-0.3, -0.25) is 9.59 Å². The third-order valence-corrected chi connectivity index (χ3v) is 3.79. The first-order chi connectivity index (χ1) is 11.6. The van der Waals surface area contributed by atoms with Crippen molar-refractivity contribution < 1.29 is 14.3 Å². The minimum absolute atomic E-state index is 0.0704. The van der Waals surface area contributed by atoms with Gasteiger partial charge in [0.05, 0.1) is 28.7 Å². The molecule has 2 heterocycles. The molecule has 4 rings (SSSR count). The van der Waals surface area contributed by atoms with Crippen LogP contribution in [-0.2, 0) is 4.79 Å². The number of nitrogens with one attached hydrogen (secondary N) is 3. The van der Waals surface area contributed by atoms with Crippen LogP contribution in [0.2, 0.25) is 0 Å².